The molecule has 0 unspecified atom stereocenters. The summed E-state index contributed by atoms with van der Waals surface area (Å²) in [7, 11) is 0. The number of rotatable bonds is 6. The largest absolute Gasteiger partial charge is 0.530 e. The Balaban J connectivity index is 2.22. The van der Waals surface area contributed by atoms with E-state index in [2.05, 4.69) is 25.5 Å². The molecule has 0 fully saturated rings. The summed E-state index contributed by atoms with van der Waals surface area (Å²) in [6, 6.07) is 5.93. The molecule has 0 saturated heterocycles. The van der Waals surface area contributed by atoms with Crippen molar-refractivity contribution in [3.63, 3.8) is 0 Å². The van der Waals surface area contributed by atoms with Crippen LogP contribution in [0.4, 0.5) is 4.79 Å². The summed E-state index contributed by atoms with van der Waals surface area (Å²) < 4.78 is 8.66. The summed E-state index contributed by atoms with van der Waals surface area (Å²) in [4.78, 5) is 22.7. The van der Waals surface area contributed by atoms with Crippen molar-refractivity contribution in [2.45, 2.75) is 65.8 Å². The Hall–Kier alpha value is -2.19. The molecule has 0 aliphatic heterocycles. The highest BCUT2D eigenvalue weighted by atomic mass is 79.9. The van der Waals surface area contributed by atoms with Crippen LogP contribution >= 0.6 is 15.9 Å². The van der Waals surface area contributed by atoms with Crippen molar-refractivity contribution in [1.29, 1.82) is 0 Å². The van der Waals surface area contributed by atoms with Crippen molar-refractivity contribution < 1.29 is 14.6 Å². The van der Waals surface area contributed by atoms with Gasteiger partial charge < -0.3 is 24.1 Å². The molecule has 0 atom stereocenters. The predicted molar refractivity (Wildman–Crippen MR) is 119 cm³/mol. The van der Waals surface area contributed by atoms with Gasteiger partial charge in [-0.05, 0) is 59.7 Å². The molecule has 3 aromatic rings. The van der Waals surface area contributed by atoms with Crippen molar-refractivity contribution in [3.8, 4) is 0 Å². The number of carboxylic acid groups (broad SMARTS) is 1. The molecule has 0 saturated carbocycles. The molecular formula is C22H28BrN4O3-. The number of carbonyl (C=O) groups is 1. The lowest BCUT2D eigenvalue weighted by atomic mass is 9.94. The number of nitrogens with zero attached hydrogens (tertiary/aromatic N) is 4. The Kier molecular flexibility index (Phi) is 6.11. The first-order valence-corrected chi connectivity index (χ1v) is 10.8. The maximum atomic E-state index is 12.0. The zero-order chi connectivity index (χ0) is 22.3. The first-order valence-electron chi connectivity index (χ1n) is 9.98. The highest BCUT2D eigenvalue weighted by molar-refractivity contribution is 9.10. The van der Waals surface area contributed by atoms with E-state index in [1.54, 1.807) is 6.20 Å². The number of amides is 1. The number of fused-ring (bicyclic) bond motifs is 3. The number of benzene rings is 1. The number of ether oxygens (including phenoxy) is 1. The molecule has 2 heterocycles. The van der Waals surface area contributed by atoms with Crippen LogP contribution in [0.15, 0.2) is 28.9 Å². The summed E-state index contributed by atoms with van der Waals surface area (Å²) in [6.45, 7) is 12.6. The lowest BCUT2D eigenvalue weighted by Crippen LogP contribution is -2.62. The smallest absolute Gasteiger partial charge is 0.137 e. The van der Waals surface area contributed by atoms with Gasteiger partial charge in [-0.3, -0.25) is 4.98 Å². The monoisotopic (exact) mass is 475 g/mol. The number of carbonyl (C=O) groups excluding carboxylic acids is 1. The van der Waals surface area contributed by atoms with E-state index >= 15 is 0 Å². The van der Waals surface area contributed by atoms with E-state index in [-0.39, 0.29) is 0 Å². The molecule has 30 heavy (non-hydrogen) atoms. The number of halogens is 1. The second-order valence-corrected chi connectivity index (χ2v) is 9.91. The number of pyridine rings is 1. The average molecular weight is 476 g/mol. The maximum absolute atomic E-state index is 12.0. The van der Waals surface area contributed by atoms with Gasteiger partial charge in [-0.25, -0.2) is 4.98 Å². The standard InChI is InChI=1S/C22H29BrN4O3/c1-7-30-12-18-25-17-11-24-16-10-14(23)8-9-15(16)19(17)26(18)13-22(5,6)27(20(28)29)21(2,3)4/h8-11H,7,12-13H2,1-6H3,(H,28,29)/p-1. The fourth-order valence-electron chi connectivity index (χ4n) is 4.20. The quantitative estimate of drug-likeness (QED) is 0.535. The second kappa shape index (κ2) is 8.15. The lowest BCUT2D eigenvalue weighted by Gasteiger charge is -2.49. The number of hydrogen-bond donors (Lipinski definition) is 0. The van der Waals surface area contributed by atoms with Crippen LogP contribution in [0.1, 0.15) is 47.4 Å². The zero-order valence-electron chi connectivity index (χ0n) is 18.3. The van der Waals surface area contributed by atoms with Gasteiger partial charge in [0.15, 0.2) is 0 Å². The van der Waals surface area contributed by atoms with Gasteiger partial charge in [-0.2, -0.15) is 0 Å². The minimum absolute atomic E-state index is 0.333. The third-order valence-corrected chi connectivity index (χ3v) is 5.55. The molecule has 162 valence electrons. The van der Waals surface area contributed by atoms with Crippen LogP contribution in [0.3, 0.4) is 0 Å². The van der Waals surface area contributed by atoms with E-state index in [0.717, 1.165) is 32.2 Å². The molecule has 0 spiro atoms. The molecule has 0 N–H and O–H groups in total. The Labute approximate surface area is 185 Å². The molecule has 8 heteroatoms. The topological polar surface area (TPSA) is 83.3 Å². The molecule has 0 bridgehead atoms. The molecule has 2 aromatic heterocycles. The van der Waals surface area contributed by atoms with Crippen molar-refractivity contribution in [3.05, 3.63) is 34.7 Å². The van der Waals surface area contributed by atoms with Gasteiger partial charge in [0.05, 0.1) is 22.8 Å². The molecule has 1 aromatic carbocycles. The van der Waals surface area contributed by atoms with Crippen LogP contribution < -0.4 is 5.11 Å². The minimum atomic E-state index is -1.20. The second-order valence-electron chi connectivity index (χ2n) is 8.99. The summed E-state index contributed by atoms with van der Waals surface area (Å²) in [5.74, 6) is 0.740. The Morgan fingerprint density at radius 1 is 1.23 bits per heavy atom. The van der Waals surface area contributed by atoms with Crippen LogP contribution in [-0.4, -0.2) is 43.2 Å². The van der Waals surface area contributed by atoms with E-state index < -0.39 is 17.2 Å². The first kappa shape index (κ1) is 22.5. The average Bonchev–Trinajstić information content (AvgIpc) is 2.94. The maximum Gasteiger partial charge on any atom is 0.137 e. The Bertz CT molecular complexity index is 1090. The van der Waals surface area contributed by atoms with E-state index in [1.165, 1.54) is 4.90 Å². The number of imidazole rings is 1. The van der Waals surface area contributed by atoms with Gasteiger partial charge in [0.1, 0.15) is 24.0 Å². The van der Waals surface area contributed by atoms with Gasteiger partial charge in [-0.1, -0.05) is 15.9 Å². The van der Waals surface area contributed by atoms with Gasteiger partial charge in [0, 0.05) is 28.5 Å². The molecule has 1 amide bonds. The van der Waals surface area contributed by atoms with E-state index in [1.807, 2.05) is 59.7 Å². The van der Waals surface area contributed by atoms with Crippen molar-refractivity contribution in [2.75, 3.05) is 6.61 Å². The normalized spacial score (nSPS) is 12.6. The highest BCUT2D eigenvalue weighted by Gasteiger charge is 2.36. The molecule has 0 radical (unpaired) electrons. The minimum Gasteiger partial charge on any atom is -0.530 e. The van der Waals surface area contributed by atoms with Crippen LogP contribution in [-0.2, 0) is 17.9 Å². The van der Waals surface area contributed by atoms with Crippen LogP contribution in [0.2, 0.25) is 0 Å². The third kappa shape index (κ3) is 4.30. The van der Waals surface area contributed by atoms with Gasteiger partial charge in [-0.15, -0.1) is 0 Å². The SMILES string of the molecule is CCOCc1nc2cnc3cc(Br)ccc3c2n1CC(C)(C)N(C(=O)[O-])C(C)(C)C. The van der Waals surface area contributed by atoms with Gasteiger partial charge >= 0.3 is 0 Å². The van der Waals surface area contributed by atoms with Crippen LogP contribution in [0.5, 0.6) is 0 Å². The fourth-order valence-corrected chi connectivity index (χ4v) is 4.55. The number of aromatic nitrogens is 3. The predicted octanol–water partition coefficient (Wildman–Crippen LogP) is 4.11. The Morgan fingerprint density at radius 3 is 2.53 bits per heavy atom. The van der Waals surface area contributed by atoms with Gasteiger partial charge in [0.25, 0.3) is 0 Å². The molecule has 0 aliphatic carbocycles. The van der Waals surface area contributed by atoms with Gasteiger partial charge in [0.2, 0.25) is 0 Å². The van der Waals surface area contributed by atoms with Crippen molar-refractivity contribution in [1.82, 2.24) is 19.4 Å². The summed E-state index contributed by atoms with van der Waals surface area (Å²) in [5.41, 5.74) is 1.14. The Morgan fingerprint density at radius 2 is 1.93 bits per heavy atom. The molecule has 3 rings (SSSR count). The summed E-state index contributed by atoms with van der Waals surface area (Å²) in [6.07, 6.45) is 0.558. The first-order chi connectivity index (χ1) is 14.0. The number of hydrogen-bond acceptors (Lipinski definition) is 5. The van der Waals surface area contributed by atoms with Crippen molar-refractivity contribution >= 4 is 44.0 Å². The lowest BCUT2D eigenvalue weighted by molar-refractivity contribution is -0.277. The van der Waals surface area contributed by atoms with Crippen LogP contribution in [0, 0.1) is 0 Å². The van der Waals surface area contributed by atoms with Crippen molar-refractivity contribution in [2.24, 2.45) is 0 Å². The van der Waals surface area contributed by atoms with E-state index in [0.29, 0.717) is 19.8 Å². The van der Waals surface area contributed by atoms with Crippen LogP contribution in [0.25, 0.3) is 21.9 Å². The van der Waals surface area contributed by atoms with E-state index in [9.17, 15) is 9.90 Å². The fraction of sp³-hybridized carbons (Fsp3) is 0.500. The zero-order valence-corrected chi connectivity index (χ0v) is 19.9. The molecule has 0 aliphatic rings. The molecular weight excluding hydrogens is 448 g/mol. The van der Waals surface area contributed by atoms with E-state index in [4.69, 9.17) is 9.72 Å². The summed E-state index contributed by atoms with van der Waals surface area (Å²) in [5, 5.41) is 13.0. The summed E-state index contributed by atoms with van der Waals surface area (Å²) >= 11 is 3.50. The third-order valence-electron chi connectivity index (χ3n) is 5.05. The molecule has 7 nitrogen and oxygen atoms in total. The highest BCUT2D eigenvalue weighted by Crippen LogP contribution is 2.32.